The van der Waals surface area contributed by atoms with Gasteiger partial charge >= 0.3 is 0 Å². The number of aryl methyl sites for hydroxylation is 1. The van der Waals surface area contributed by atoms with Gasteiger partial charge in [-0.2, -0.15) is 0 Å². The highest BCUT2D eigenvalue weighted by molar-refractivity contribution is 6.32. The Kier molecular flexibility index (Phi) is 7.17. The predicted octanol–water partition coefficient (Wildman–Crippen LogP) is 0.641. The Bertz CT molecular complexity index is 1660. The van der Waals surface area contributed by atoms with Gasteiger partial charge in [-0.1, -0.05) is 12.1 Å². The monoisotopic (exact) mass is 582 g/mol. The van der Waals surface area contributed by atoms with Gasteiger partial charge in [0, 0.05) is 16.7 Å². The molecule has 1 heterocycles. The van der Waals surface area contributed by atoms with Crippen LogP contribution in [-0.2, 0) is 4.74 Å². The van der Waals surface area contributed by atoms with Gasteiger partial charge in [-0.3, -0.25) is 14.4 Å². The van der Waals surface area contributed by atoms with Crippen LogP contribution >= 0.6 is 0 Å². The van der Waals surface area contributed by atoms with Crippen LogP contribution in [0.5, 0.6) is 28.7 Å². The second-order valence-electron chi connectivity index (χ2n) is 10.1. The number of hydrogen-bond acceptors (Lipinski definition) is 13. The molecular formula is C29H26O13. The van der Waals surface area contributed by atoms with Crippen LogP contribution in [-0.4, -0.2) is 95.5 Å². The average Bonchev–Trinajstić information content (AvgIpc) is 2.93. The van der Waals surface area contributed by atoms with E-state index in [1.165, 1.54) is 25.1 Å². The third kappa shape index (κ3) is 4.26. The van der Waals surface area contributed by atoms with Crippen LogP contribution in [0.1, 0.15) is 54.7 Å². The SMILES string of the molecule is CC(=O)c1cc(OC2OC(CO)C(O)C(O)C2O)c(O)c(-c2c(C)cc(O)c3c2C(=O)c2cccc(O)c2C3=O)c1O. The lowest BCUT2D eigenvalue weighted by molar-refractivity contribution is -0.277. The maximum Gasteiger partial charge on any atom is 0.229 e. The van der Waals surface area contributed by atoms with Crippen molar-refractivity contribution in [3.05, 3.63) is 63.7 Å². The van der Waals surface area contributed by atoms with Crippen molar-refractivity contribution in [2.24, 2.45) is 0 Å². The molecule has 0 aromatic heterocycles. The van der Waals surface area contributed by atoms with Gasteiger partial charge in [0.2, 0.25) is 12.1 Å². The van der Waals surface area contributed by atoms with Crippen molar-refractivity contribution in [3.8, 4) is 39.9 Å². The number of aliphatic hydroxyl groups is 4. The third-order valence-electron chi connectivity index (χ3n) is 7.43. The van der Waals surface area contributed by atoms with E-state index < -0.39 is 106 Å². The molecular weight excluding hydrogens is 556 g/mol. The van der Waals surface area contributed by atoms with E-state index in [1.54, 1.807) is 0 Å². The van der Waals surface area contributed by atoms with Crippen molar-refractivity contribution in [1.29, 1.82) is 0 Å². The summed E-state index contributed by atoms with van der Waals surface area (Å²) in [4.78, 5) is 39.7. The van der Waals surface area contributed by atoms with Crippen LogP contribution in [0, 0.1) is 6.92 Å². The van der Waals surface area contributed by atoms with Gasteiger partial charge in [-0.15, -0.1) is 0 Å². The topological polar surface area (TPSA) is 232 Å². The first kappa shape index (κ1) is 29.0. The number of Topliss-reactive ketones (excluding diaryl/α,β-unsaturated/α-hetero) is 1. The van der Waals surface area contributed by atoms with Crippen LogP contribution in [0.4, 0.5) is 0 Å². The van der Waals surface area contributed by atoms with Crippen LogP contribution in [0.3, 0.4) is 0 Å². The normalized spacial score (nSPS) is 23.3. The van der Waals surface area contributed by atoms with Gasteiger partial charge < -0.3 is 50.3 Å². The van der Waals surface area contributed by atoms with Gasteiger partial charge in [-0.25, -0.2) is 0 Å². The van der Waals surface area contributed by atoms with E-state index in [2.05, 4.69) is 0 Å². The summed E-state index contributed by atoms with van der Waals surface area (Å²) in [6.07, 6.45) is -8.61. The molecule has 1 aliphatic carbocycles. The highest BCUT2D eigenvalue weighted by Gasteiger charge is 2.45. The number of ketones is 3. The lowest BCUT2D eigenvalue weighted by Gasteiger charge is -2.39. The van der Waals surface area contributed by atoms with Gasteiger partial charge in [0.05, 0.1) is 28.9 Å². The Morgan fingerprint density at radius 3 is 2.17 bits per heavy atom. The van der Waals surface area contributed by atoms with E-state index in [9.17, 15) is 55.2 Å². The van der Waals surface area contributed by atoms with Crippen molar-refractivity contribution in [2.45, 2.75) is 44.6 Å². The zero-order valence-corrected chi connectivity index (χ0v) is 22.1. The minimum Gasteiger partial charge on any atom is -0.507 e. The van der Waals surface area contributed by atoms with Gasteiger partial charge in [0.1, 0.15) is 41.7 Å². The lowest BCUT2D eigenvalue weighted by atomic mass is 9.77. The minimum atomic E-state index is -1.90. The molecule has 13 heteroatoms. The number of carbonyl (C=O) groups excluding carboxylic acids is 3. The lowest BCUT2D eigenvalue weighted by Crippen LogP contribution is -2.60. The molecule has 5 atom stereocenters. The first-order valence-electron chi connectivity index (χ1n) is 12.6. The Hall–Kier alpha value is -4.53. The number of fused-ring (bicyclic) bond motifs is 2. The molecule has 3 aromatic carbocycles. The van der Waals surface area contributed by atoms with Crippen LogP contribution in [0.2, 0.25) is 0 Å². The standard InChI is InChI=1S/C29H26O13/c1-9-6-14(33)19-20(22(34)11-4-3-5-13(32)18(11)26(19)38)17(9)21-23(35)12(10(2)31)7-15(24(21)36)41-29-28(40)27(39)25(37)16(8-30)42-29/h3-7,16,25,27-30,32-33,35-37,39-40H,8H2,1-2H3. The summed E-state index contributed by atoms with van der Waals surface area (Å²) < 4.78 is 10.9. The molecule has 3 aromatic rings. The number of aliphatic hydroxyl groups excluding tert-OH is 4. The van der Waals surface area contributed by atoms with Crippen molar-refractivity contribution in [2.75, 3.05) is 6.61 Å². The predicted molar refractivity (Wildman–Crippen MR) is 141 cm³/mol. The van der Waals surface area contributed by atoms with E-state index in [4.69, 9.17) is 9.47 Å². The fourth-order valence-corrected chi connectivity index (χ4v) is 5.33. The largest absolute Gasteiger partial charge is 0.507 e. The Balaban J connectivity index is 1.75. The number of benzene rings is 3. The number of hydrogen-bond donors (Lipinski definition) is 8. The molecule has 1 fully saturated rings. The molecule has 0 radical (unpaired) electrons. The fraction of sp³-hybridized carbons (Fsp3) is 0.276. The molecule has 0 bridgehead atoms. The van der Waals surface area contributed by atoms with Gasteiger partial charge in [0.25, 0.3) is 0 Å². The third-order valence-corrected chi connectivity index (χ3v) is 7.43. The van der Waals surface area contributed by atoms with E-state index in [0.29, 0.717) is 0 Å². The minimum absolute atomic E-state index is 0.0843. The molecule has 8 N–H and O–H groups in total. The van der Waals surface area contributed by atoms with Crippen molar-refractivity contribution in [1.82, 2.24) is 0 Å². The average molecular weight is 583 g/mol. The number of phenolic OH excluding ortho intramolecular Hbond substituents is 4. The molecule has 13 nitrogen and oxygen atoms in total. The molecule has 2 aliphatic rings. The molecule has 0 amide bonds. The summed E-state index contributed by atoms with van der Waals surface area (Å²) in [6, 6.07) is 5.82. The smallest absolute Gasteiger partial charge is 0.229 e. The quantitative estimate of drug-likeness (QED) is 0.151. The highest BCUT2D eigenvalue weighted by atomic mass is 16.7. The van der Waals surface area contributed by atoms with Gasteiger partial charge in [-0.05, 0) is 37.6 Å². The fourth-order valence-electron chi connectivity index (χ4n) is 5.33. The summed E-state index contributed by atoms with van der Waals surface area (Å²) in [5.41, 5.74) is -2.63. The summed E-state index contributed by atoms with van der Waals surface area (Å²) in [5.74, 6) is -5.85. The molecule has 42 heavy (non-hydrogen) atoms. The summed E-state index contributed by atoms with van der Waals surface area (Å²) in [7, 11) is 0. The zero-order valence-electron chi connectivity index (χ0n) is 22.1. The van der Waals surface area contributed by atoms with Gasteiger partial charge in [0.15, 0.2) is 23.1 Å². The number of carbonyl (C=O) groups is 3. The first-order valence-corrected chi connectivity index (χ1v) is 12.6. The molecule has 0 spiro atoms. The number of aromatic hydroxyl groups is 4. The zero-order chi connectivity index (χ0) is 30.8. The first-order chi connectivity index (χ1) is 19.8. The molecule has 1 saturated heterocycles. The van der Waals surface area contributed by atoms with Crippen LogP contribution in [0.25, 0.3) is 11.1 Å². The van der Waals surface area contributed by atoms with E-state index in [-0.39, 0.29) is 22.3 Å². The molecule has 5 unspecified atom stereocenters. The summed E-state index contributed by atoms with van der Waals surface area (Å²) >= 11 is 0. The van der Waals surface area contributed by atoms with Crippen molar-refractivity contribution >= 4 is 17.3 Å². The van der Waals surface area contributed by atoms with E-state index >= 15 is 0 Å². The maximum absolute atomic E-state index is 13.8. The second-order valence-corrected chi connectivity index (χ2v) is 10.1. The van der Waals surface area contributed by atoms with Crippen molar-refractivity contribution < 1.29 is 64.7 Å². The molecule has 5 rings (SSSR count). The number of rotatable bonds is 5. The number of ether oxygens (including phenoxy) is 2. The maximum atomic E-state index is 13.8. The molecule has 1 aliphatic heterocycles. The van der Waals surface area contributed by atoms with Crippen molar-refractivity contribution in [3.63, 3.8) is 0 Å². The van der Waals surface area contributed by atoms with E-state index in [0.717, 1.165) is 19.1 Å². The molecule has 220 valence electrons. The number of phenols is 4. The van der Waals surface area contributed by atoms with Crippen LogP contribution < -0.4 is 4.74 Å². The Morgan fingerprint density at radius 1 is 0.833 bits per heavy atom. The second kappa shape index (κ2) is 10.4. The molecule has 0 saturated carbocycles. The summed E-state index contributed by atoms with van der Waals surface area (Å²) in [5, 5.41) is 83.7. The summed E-state index contributed by atoms with van der Waals surface area (Å²) in [6.45, 7) is 1.71. The Morgan fingerprint density at radius 2 is 1.52 bits per heavy atom. The Labute approximate surface area is 237 Å². The highest BCUT2D eigenvalue weighted by Crippen LogP contribution is 2.51. The van der Waals surface area contributed by atoms with E-state index in [1.807, 2.05) is 0 Å². The van der Waals surface area contributed by atoms with Crippen LogP contribution in [0.15, 0.2) is 30.3 Å².